The molecule has 5 nitrogen and oxygen atoms in total. The van der Waals surface area contributed by atoms with Crippen molar-refractivity contribution in [1.29, 1.82) is 5.26 Å². The molecular weight excluding hydrogens is 204 g/mol. The smallest absolute Gasteiger partial charge is 0.145 e. The molecule has 0 amide bonds. The minimum Gasteiger partial charge on any atom is -0.375 e. The first-order chi connectivity index (χ1) is 7.63. The fraction of sp³-hybridized carbons (Fsp3) is 0.636. The molecule has 2 rings (SSSR count). The molecule has 16 heavy (non-hydrogen) atoms. The number of morpholine rings is 1. The predicted molar refractivity (Wildman–Crippen MR) is 60.3 cm³/mol. The summed E-state index contributed by atoms with van der Waals surface area (Å²) in [5.74, 6) is 0.912. The molecule has 0 spiro atoms. The molecule has 2 heterocycles. The first-order valence-electron chi connectivity index (χ1n) is 5.43. The molecule has 1 aliphatic heterocycles. The molecule has 1 fully saturated rings. The van der Waals surface area contributed by atoms with Crippen molar-refractivity contribution in [3.8, 4) is 6.07 Å². The van der Waals surface area contributed by atoms with Crippen LogP contribution in [0.25, 0.3) is 0 Å². The molecule has 0 aromatic carbocycles. The van der Waals surface area contributed by atoms with Crippen molar-refractivity contribution in [2.24, 2.45) is 7.05 Å². The third-order valence-electron chi connectivity index (χ3n) is 2.84. The molecule has 86 valence electrons. The molecule has 0 radical (unpaired) electrons. The van der Waals surface area contributed by atoms with Crippen molar-refractivity contribution in [3.05, 3.63) is 11.3 Å². The summed E-state index contributed by atoms with van der Waals surface area (Å²) in [6.45, 7) is 6.25. The molecule has 0 bridgehead atoms. The lowest BCUT2D eigenvalue weighted by atomic mass is 10.2. The second kappa shape index (κ2) is 4.14. The number of nitriles is 1. The minimum atomic E-state index is 0.204. The zero-order valence-electron chi connectivity index (χ0n) is 9.90. The van der Waals surface area contributed by atoms with Crippen LogP contribution in [0.2, 0.25) is 0 Å². The Morgan fingerprint density at radius 2 is 2.31 bits per heavy atom. The molecule has 0 N–H and O–H groups in total. The van der Waals surface area contributed by atoms with E-state index in [9.17, 15) is 0 Å². The summed E-state index contributed by atoms with van der Waals surface area (Å²) in [6.07, 6.45) is 0.204. The molecule has 1 aromatic heterocycles. The second-order valence-electron chi connectivity index (χ2n) is 4.15. The van der Waals surface area contributed by atoms with Gasteiger partial charge in [-0.25, -0.2) is 0 Å². The van der Waals surface area contributed by atoms with Gasteiger partial charge in [-0.1, -0.05) is 0 Å². The number of nitrogens with zero attached hydrogens (tertiary/aromatic N) is 4. The fourth-order valence-electron chi connectivity index (χ4n) is 2.15. The van der Waals surface area contributed by atoms with Crippen LogP contribution < -0.4 is 4.90 Å². The van der Waals surface area contributed by atoms with E-state index < -0.39 is 0 Å². The largest absolute Gasteiger partial charge is 0.375 e. The Bertz CT molecular complexity index is 432. The topological polar surface area (TPSA) is 54.1 Å². The second-order valence-corrected chi connectivity index (χ2v) is 4.15. The van der Waals surface area contributed by atoms with Gasteiger partial charge in [0, 0.05) is 20.1 Å². The van der Waals surface area contributed by atoms with Crippen molar-refractivity contribution < 1.29 is 4.74 Å². The van der Waals surface area contributed by atoms with E-state index in [4.69, 9.17) is 10.00 Å². The van der Waals surface area contributed by atoms with Crippen LogP contribution in [0.15, 0.2) is 0 Å². The van der Waals surface area contributed by atoms with Crippen LogP contribution in [0, 0.1) is 18.3 Å². The van der Waals surface area contributed by atoms with Crippen LogP contribution in [0.1, 0.15) is 18.2 Å². The maximum Gasteiger partial charge on any atom is 0.145 e. The van der Waals surface area contributed by atoms with Gasteiger partial charge in [0.25, 0.3) is 0 Å². The van der Waals surface area contributed by atoms with Crippen molar-refractivity contribution in [2.45, 2.75) is 20.0 Å². The van der Waals surface area contributed by atoms with Gasteiger partial charge in [0.2, 0.25) is 0 Å². The maximum atomic E-state index is 9.15. The summed E-state index contributed by atoms with van der Waals surface area (Å²) in [5, 5.41) is 13.4. The van der Waals surface area contributed by atoms with E-state index in [1.54, 1.807) is 4.68 Å². The molecule has 1 unspecified atom stereocenters. The molecule has 0 aliphatic carbocycles. The molecule has 1 atom stereocenters. The summed E-state index contributed by atoms with van der Waals surface area (Å²) in [5.41, 5.74) is 1.47. The lowest BCUT2D eigenvalue weighted by Gasteiger charge is -2.32. The van der Waals surface area contributed by atoms with E-state index in [1.807, 2.05) is 20.9 Å². The highest BCUT2D eigenvalue weighted by atomic mass is 16.5. The number of rotatable bonds is 1. The lowest BCUT2D eigenvalue weighted by molar-refractivity contribution is 0.0527. The number of anilines is 1. The minimum absolute atomic E-state index is 0.204. The van der Waals surface area contributed by atoms with Crippen molar-refractivity contribution >= 4 is 5.82 Å². The van der Waals surface area contributed by atoms with Gasteiger partial charge in [-0.05, 0) is 13.8 Å². The lowest BCUT2D eigenvalue weighted by Crippen LogP contribution is -2.42. The van der Waals surface area contributed by atoms with Crippen LogP contribution in [-0.2, 0) is 11.8 Å². The molecule has 5 heteroatoms. The third-order valence-corrected chi connectivity index (χ3v) is 2.84. The summed E-state index contributed by atoms with van der Waals surface area (Å²) < 4.78 is 7.28. The Balaban J connectivity index is 2.36. The molecule has 1 aliphatic rings. The summed E-state index contributed by atoms with van der Waals surface area (Å²) >= 11 is 0. The van der Waals surface area contributed by atoms with E-state index in [2.05, 4.69) is 16.1 Å². The highest BCUT2D eigenvalue weighted by molar-refractivity contribution is 5.57. The Kier molecular flexibility index (Phi) is 2.84. The van der Waals surface area contributed by atoms with Crippen LogP contribution >= 0.6 is 0 Å². The maximum absolute atomic E-state index is 9.15. The monoisotopic (exact) mass is 220 g/mol. The molecule has 1 aromatic rings. The molecule has 1 saturated heterocycles. The van der Waals surface area contributed by atoms with Gasteiger partial charge in [0.05, 0.1) is 18.4 Å². The normalized spacial score (nSPS) is 20.9. The van der Waals surface area contributed by atoms with Gasteiger partial charge >= 0.3 is 0 Å². The Morgan fingerprint density at radius 1 is 1.56 bits per heavy atom. The SMILES string of the molecule is Cc1nn(C)c(N2CCOC(C)C2)c1C#N. The van der Waals surface area contributed by atoms with Crippen molar-refractivity contribution in [2.75, 3.05) is 24.6 Å². The van der Waals surface area contributed by atoms with E-state index in [-0.39, 0.29) is 6.10 Å². The van der Waals surface area contributed by atoms with Crippen LogP contribution in [0.5, 0.6) is 0 Å². The standard InChI is InChI=1S/C11H16N4O/c1-8-7-15(4-5-16-8)11-10(6-12)9(2)13-14(11)3/h8H,4-5,7H2,1-3H3. The van der Waals surface area contributed by atoms with Gasteiger partial charge in [-0.15, -0.1) is 0 Å². The fourth-order valence-corrected chi connectivity index (χ4v) is 2.15. The van der Waals surface area contributed by atoms with Gasteiger partial charge < -0.3 is 9.64 Å². The van der Waals surface area contributed by atoms with Crippen LogP contribution in [-0.4, -0.2) is 35.6 Å². The van der Waals surface area contributed by atoms with E-state index in [0.29, 0.717) is 12.2 Å². The number of hydrogen-bond donors (Lipinski definition) is 0. The quantitative estimate of drug-likeness (QED) is 0.703. The van der Waals surface area contributed by atoms with Gasteiger partial charge in [-0.2, -0.15) is 10.4 Å². The van der Waals surface area contributed by atoms with E-state index in [1.165, 1.54) is 0 Å². The Labute approximate surface area is 95.2 Å². The average molecular weight is 220 g/mol. The van der Waals surface area contributed by atoms with Crippen LogP contribution in [0.4, 0.5) is 5.82 Å². The molecular formula is C11H16N4O. The third kappa shape index (κ3) is 1.76. The summed E-state index contributed by atoms with van der Waals surface area (Å²) in [6, 6.07) is 2.23. The Hall–Kier alpha value is -1.54. The van der Waals surface area contributed by atoms with Crippen LogP contribution in [0.3, 0.4) is 0 Å². The number of aryl methyl sites for hydroxylation is 2. The number of hydrogen-bond acceptors (Lipinski definition) is 4. The summed E-state index contributed by atoms with van der Waals surface area (Å²) in [7, 11) is 1.88. The van der Waals surface area contributed by atoms with E-state index in [0.717, 1.165) is 24.6 Å². The molecule has 0 saturated carbocycles. The van der Waals surface area contributed by atoms with Gasteiger partial charge in [0.1, 0.15) is 17.5 Å². The highest BCUT2D eigenvalue weighted by Gasteiger charge is 2.23. The zero-order valence-corrected chi connectivity index (χ0v) is 9.90. The van der Waals surface area contributed by atoms with Gasteiger partial charge in [-0.3, -0.25) is 4.68 Å². The van der Waals surface area contributed by atoms with Crippen molar-refractivity contribution in [3.63, 3.8) is 0 Å². The Morgan fingerprint density at radius 3 is 2.94 bits per heavy atom. The zero-order chi connectivity index (χ0) is 11.7. The predicted octanol–water partition coefficient (Wildman–Crippen LogP) is 0.825. The number of aromatic nitrogens is 2. The van der Waals surface area contributed by atoms with Gasteiger partial charge in [0.15, 0.2) is 0 Å². The number of ether oxygens (including phenoxy) is 1. The first kappa shape index (κ1) is 11.0. The summed E-state index contributed by atoms with van der Waals surface area (Å²) in [4.78, 5) is 2.17. The van der Waals surface area contributed by atoms with E-state index >= 15 is 0 Å². The first-order valence-corrected chi connectivity index (χ1v) is 5.43. The highest BCUT2D eigenvalue weighted by Crippen LogP contribution is 2.23. The average Bonchev–Trinajstić information content (AvgIpc) is 2.52. The van der Waals surface area contributed by atoms with Crippen molar-refractivity contribution in [1.82, 2.24) is 9.78 Å².